The number of phenols is 2. The predicted molar refractivity (Wildman–Crippen MR) is 94.1 cm³/mol. The van der Waals surface area contributed by atoms with E-state index in [0.29, 0.717) is 17.8 Å². The molecule has 0 atom stereocenters. The lowest BCUT2D eigenvalue weighted by atomic mass is 10.1. The molecular weight excluding hydrogens is 308 g/mol. The Balaban J connectivity index is 2.09. The first-order valence-electron chi connectivity index (χ1n) is 7.83. The molecule has 0 spiro atoms. The molecule has 6 heteroatoms. The van der Waals surface area contributed by atoms with Crippen molar-refractivity contribution in [2.45, 2.75) is 20.4 Å². The molecule has 6 nitrogen and oxygen atoms in total. The van der Waals surface area contributed by atoms with E-state index in [2.05, 4.69) is 24.1 Å². The van der Waals surface area contributed by atoms with Gasteiger partial charge in [0.15, 0.2) is 0 Å². The second kappa shape index (κ2) is 7.59. The molecule has 0 saturated heterocycles. The number of nitrogens with one attached hydrogen (secondary N) is 1. The molecule has 0 fully saturated rings. The van der Waals surface area contributed by atoms with Crippen LogP contribution in [0, 0.1) is 0 Å². The minimum atomic E-state index is -1.18. The summed E-state index contributed by atoms with van der Waals surface area (Å²) < 4.78 is 0. The van der Waals surface area contributed by atoms with Crippen molar-refractivity contribution in [3.63, 3.8) is 0 Å². The second-order valence-electron chi connectivity index (χ2n) is 5.38. The van der Waals surface area contributed by atoms with Crippen molar-refractivity contribution in [2.75, 3.05) is 23.3 Å². The molecule has 2 rings (SSSR count). The zero-order chi connectivity index (χ0) is 17.7. The van der Waals surface area contributed by atoms with Crippen LogP contribution in [0.3, 0.4) is 0 Å². The Labute approximate surface area is 141 Å². The van der Waals surface area contributed by atoms with Crippen molar-refractivity contribution in [3.8, 4) is 11.5 Å². The summed E-state index contributed by atoms with van der Waals surface area (Å²) in [6.07, 6.45) is 0. The van der Waals surface area contributed by atoms with E-state index in [1.807, 2.05) is 12.1 Å². The Bertz CT molecular complexity index is 727. The molecule has 0 aliphatic carbocycles. The van der Waals surface area contributed by atoms with Gasteiger partial charge in [0.05, 0.1) is 0 Å². The minimum Gasteiger partial charge on any atom is -0.508 e. The van der Waals surface area contributed by atoms with E-state index in [-0.39, 0.29) is 17.1 Å². The lowest BCUT2D eigenvalue weighted by molar-refractivity contribution is 0.0694. The highest BCUT2D eigenvalue weighted by Crippen LogP contribution is 2.27. The van der Waals surface area contributed by atoms with Crippen LogP contribution in [0.5, 0.6) is 11.5 Å². The summed E-state index contributed by atoms with van der Waals surface area (Å²) in [5, 5.41) is 31.8. The SMILES string of the molecule is CCN(CC)c1ccc(CNc2ccc(C(=O)O)c(O)c2)c(O)c1. The van der Waals surface area contributed by atoms with Crippen LogP contribution in [0.4, 0.5) is 11.4 Å². The summed E-state index contributed by atoms with van der Waals surface area (Å²) in [6.45, 7) is 6.20. The Kier molecular flexibility index (Phi) is 5.52. The molecule has 0 aliphatic rings. The van der Waals surface area contributed by atoms with Gasteiger partial charge in [0.2, 0.25) is 0 Å². The van der Waals surface area contributed by atoms with Crippen LogP contribution in [0.25, 0.3) is 0 Å². The monoisotopic (exact) mass is 330 g/mol. The Morgan fingerprint density at radius 2 is 1.75 bits per heavy atom. The van der Waals surface area contributed by atoms with Gasteiger partial charge in [-0.1, -0.05) is 6.07 Å². The predicted octanol–water partition coefficient (Wildman–Crippen LogP) is 3.25. The van der Waals surface area contributed by atoms with Gasteiger partial charge in [-0.3, -0.25) is 0 Å². The standard InChI is InChI=1S/C18H22N2O4/c1-3-20(4-2)14-7-5-12(16(21)10-14)11-19-13-6-8-15(18(23)24)17(22)9-13/h5-10,19,21-22H,3-4,11H2,1-2H3,(H,23,24). The van der Waals surface area contributed by atoms with Crippen LogP contribution >= 0.6 is 0 Å². The third-order valence-corrected chi connectivity index (χ3v) is 3.91. The van der Waals surface area contributed by atoms with Gasteiger partial charge in [0, 0.05) is 48.7 Å². The maximum atomic E-state index is 10.9. The van der Waals surface area contributed by atoms with Crippen molar-refractivity contribution < 1.29 is 20.1 Å². The summed E-state index contributed by atoms with van der Waals surface area (Å²) in [5.41, 5.74) is 2.11. The number of hydrogen-bond donors (Lipinski definition) is 4. The number of aromatic carboxylic acids is 1. The first-order chi connectivity index (χ1) is 11.5. The van der Waals surface area contributed by atoms with Crippen LogP contribution in [-0.2, 0) is 6.54 Å². The van der Waals surface area contributed by atoms with E-state index < -0.39 is 5.97 Å². The van der Waals surface area contributed by atoms with Crippen LogP contribution in [0.1, 0.15) is 29.8 Å². The van der Waals surface area contributed by atoms with Crippen LogP contribution in [-0.4, -0.2) is 34.4 Å². The molecule has 0 heterocycles. The number of hydrogen-bond acceptors (Lipinski definition) is 5. The molecule has 2 aromatic rings. The highest BCUT2D eigenvalue weighted by atomic mass is 16.4. The largest absolute Gasteiger partial charge is 0.508 e. The third-order valence-electron chi connectivity index (χ3n) is 3.91. The number of carboxylic acid groups (broad SMARTS) is 1. The second-order valence-corrected chi connectivity index (χ2v) is 5.38. The molecule has 0 bridgehead atoms. The summed E-state index contributed by atoms with van der Waals surface area (Å²) in [6, 6.07) is 9.80. The van der Waals surface area contributed by atoms with Crippen molar-refractivity contribution >= 4 is 17.3 Å². The topological polar surface area (TPSA) is 93.0 Å². The quantitative estimate of drug-likeness (QED) is 0.623. The van der Waals surface area contributed by atoms with E-state index in [4.69, 9.17) is 5.11 Å². The average Bonchev–Trinajstić information content (AvgIpc) is 2.55. The van der Waals surface area contributed by atoms with Gasteiger partial charge in [0.25, 0.3) is 0 Å². The van der Waals surface area contributed by atoms with Crippen molar-refractivity contribution in [3.05, 3.63) is 47.5 Å². The maximum Gasteiger partial charge on any atom is 0.339 e. The average molecular weight is 330 g/mol. The highest BCUT2D eigenvalue weighted by Gasteiger charge is 2.10. The lowest BCUT2D eigenvalue weighted by Gasteiger charge is -2.21. The van der Waals surface area contributed by atoms with E-state index in [1.54, 1.807) is 12.1 Å². The molecule has 0 radical (unpaired) electrons. The van der Waals surface area contributed by atoms with Gasteiger partial charge in [-0.05, 0) is 32.0 Å². The Morgan fingerprint density at radius 1 is 1.04 bits per heavy atom. The lowest BCUT2D eigenvalue weighted by Crippen LogP contribution is -2.21. The summed E-state index contributed by atoms with van der Waals surface area (Å²) >= 11 is 0. The maximum absolute atomic E-state index is 10.9. The fourth-order valence-electron chi connectivity index (χ4n) is 2.51. The van der Waals surface area contributed by atoms with Gasteiger partial charge >= 0.3 is 5.97 Å². The van der Waals surface area contributed by atoms with Crippen LogP contribution in [0.2, 0.25) is 0 Å². The summed E-state index contributed by atoms with van der Waals surface area (Å²) in [5.74, 6) is -1.28. The number of benzene rings is 2. The zero-order valence-electron chi connectivity index (χ0n) is 13.8. The van der Waals surface area contributed by atoms with E-state index in [9.17, 15) is 15.0 Å². The molecule has 4 N–H and O–H groups in total. The third kappa shape index (κ3) is 3.90. The van der Waals surface area contributed by atoms with Crippen molar-refractivity contribution in [2.24, 2.45) is 0 Å². The number of rotatable bonds is 7. The van der Waals surface area contributed by atoms with Gasteiger partial charge in [0.1, 0.15) is 17.1 Å². The molecule has 2 aromatic carbocycles. The molecule has 0 amide bonds. The molecule has 0 unspecified atom stereocenters. The van der Waals surface area contributed by atoms with Gasteiger partial charge < -0.3 is 25.5 Å². The first-order valence-corrected chi connectivity index (χ1v) is 7.83. The molecule has 0 aliphatic heterocycles. The highest BCUT2D eigenvalue weighted by molar-refractivity contribution is 5.91. The van der Waals surface area contributed by atoms with E-state index >= 15 is 0 Å². The molecule has 24 heavy (non-hydrogen) atoms. The molecule has 0 saturated carbocycles. The van der Waals surface area contributed by atoms with Crippen LogP contribution in [0.15, 0.2) is 36.4 Å². The number of carbonyl (C=O) groups is 1. The first kappa shape index (κ1) is 17.5. The summed E-state index contributed by atoms with van der Waals surface area (Å²) in [7, 11) is 0. The fourth-order valence-corrected chi connectivity index (χ4v) is 2.51. The van der Waals surface area contributed by atoms with Gasteiger partial charge in [-0.25, -0.2) is 4.79 Å². The molecule has 128 valence electrons. The number of aromatic hydroxyl groups is 2. The van der Waals surface area contributed by atoms with Crippen LogP contribution < -0.4 is 10.2 Å². The van der Waals surface area contributed by atoms with Crippen molar-refractivity contribution in [1.82, 2.24) is 0 Å². The number of nitrogens with zero attached hydrogens (tertiary/aromatic N) is 1. The van der Waals surface area contributed by atoms with Crippen molar-refractivity contribution in [1.29, 1.82) is 0 Å². The zero-order valence-corrected chi connectivity index (χ0v) is 13.8. The molecular formula is C18H22N2O4. The summed E-state index contributed by atoms with van der Waals surface area (Å²) in [4.78, 5) is 13.0. The smallest absolute Gasteiger partial charge is 0.339 e. The normalized spacial score (nSPS) is 10.4. The number of carboxylic acids is 1. The van der Waals surface area contributed by atoms with E-state index in [0.717, 1.165) is 18.8 Å². The minimum absolute atomic E-state index is 0.146. The number of anilines is 2. The Hall–Kier alpha value is -2.89. The van der Waals surface area contributed by atoms with Gasteiger partial charge in [-0.15, -0.1) is 0 Å². The molecule has 0 aromatic heterocycles. The fraction of sp³-hybridized carbons (Fsp3) is 0.278. The van der Waals surface area contributed by atoms with Gasteiger partial charge in [-0.2, -0.15) is 0 Å². The Morgan fingerprint density at radius 3 is 2.29 bits per heavy atom. The van der Waals surface area contributed by atoms with E-state index in [1.165, 1.54) is 12.1 Å². The number of phenolic OH excluding ortho intramolecular Hbond substituents is 1.